The van der Waals surface area contributed by atoms with Gasteiger partial charge >= 0.3 is 0 Å². The Morgan fingerprint density at radius 3 is 0.568 bits per heavy atom. The smallest absolute Gasteiger partial charge is 0.0542 e. The van der Waals surface area contributed by atoms with Crippen molar-refractivity contribution in [3.63, 3.8) is 0 Å². The predicted molar refractivity (Wildman–Crippen MR) is 370 cm³/mol. The molecular formula is C82H60N6. The second-order valence-electron chi connectivity index (χ2n) is 21.9. The summed E-state index contributed by atoms with van der Waals surface area (Å²) in [5.41, 5.74) is 21.9. The summed E-state index contributed by atoms with van der Waals surface area (Å²) in [6.45, 7) is 0. The van der Waals surface area contributed by atoms with E-state index >= 15 is 0 Å². The molecule has 0 N–H and O–H groups in total. The molecule has 6 heteroatoms. The van der Waals surface area contributed by atoms with Gasteiger partial charge in [-0.25, -0.2) is 0 Å². The lowest BCUT2D eigenvalue weighted by atomic mass is 10.1. The van der Waals surface area contributed by atoms with Crippen LogP contribution in [0, 0.1) is 0 Å². The maximum Gasteiger partial charge on any atom is 0.0542 e. The van der Waals surface area contributed by atoms with Gasteiger partial charge in [-0.2, -0.15) is 0 Å². The lowest BCUT2D eigenvalue weighted by molar-refractivity contribution is 1.13. The molecule has 0 aliphatic rings. The maximum atomic E-state index is 2.43. The van der Waals surface area contributed by atoms with Crippen LogP contribution in [0.3, 0.4) is 0 Å². The number of hydrogen-bond donors (Lipinski definition) is 0. The minimum absolute atomic E-state index is 1.06. The van der Waals surface area contributed by atoms with E-state index in [1.165, 1.54) is 0 Å². The quantitative estimate of drug-likeness (QED) is 0.0962. The van der Waals surface area contributed by atoms with Gasteiger partial charge in [-0.3, -0.25) is 0 Å². The number of rotatable bonds is 16. The molecule has 2 aromatic heterocycles. The number of benzene rings is 13. The summed E-state index contributed by atoms with van der Waals surface area (Å²) in [5, 5.41) is 2.29. The van der Waals surface area contributed by atoms with Crippen molar-refractivity contribution in [1.82, 2.24) is 9.13 Å². The Hall–Kier alpha value is -11.9. The summed E-state index contributed by atoms with van der Waals surface area (Å²) >= 11 is 0. The van der Waals surface area contributed by atoms with Gasteiger partial charge in [0.2, 0.25) is 0 Å². The Morgan fingerprint density at radius 1 is 0.170 bits per heavy atom. The molecule has 0 aliphatic carbocycles. The van der Waals surface area contributed by atoms with E-state index in [0.29, 0.717) is 0 Å². The van der Waals surface area contributed by atoms with Gasteiger partial charge in [-0.1, -0.05) is 170 Å². The molecule has 0 saturated heterocycles. The zero-order valence-corrected chi connectivity index (χ0v) is 48.3. The molecule has 0 aliphatic heterocycles. The predicted octanol–water partition coefficient (Wildman–Crippen LogP) is 22.8. The molecule has 0 saturated carbocycles. The first kappa shape index (κ1) is 52.9. The standard InChI is InChI=1S/C82H60N6/c1-9-25-61(26-10-1)79-57-63-59-82-64(60-81(63)87(79)77-53-49-75(50-54-77)85(69-37-21-7-22-38-69)73-45-41-71(42-46-73)83(65-29-13-3-14-30-65)66-31-15-4-16-32-66)58-80(62-27-11-2-12-28-62)88(82)78-55-51-76(52-56-78)86(70-39-23-8-24-40-70)74-47-43-72(44-48-74)84(67-33-17-5-18-34-67)68-35-19-6-20-36-68/h1-60H. The topological polar surface area (TPSA) is 22.8 Å². The molecular weight excluding hydrogens is 1070 g/mol. The van der Waals surface area contributed by atoms with Crippen LogP contribution in [-0.4, -0.2) is 9.13 Å². The van der Waals surface area contributed by atoms with E-state index in [1.807, 2.05) is 0 Å². The van der Waals surface area contributed by atoms with Gasteiger partial charge in [-0.05, 0) is 205 Å². The van der Waals surface area contributed by atoms with Crippen LogP contribution in [-0.2, 0) is 0 Å². The van der Waals surface area contributed by atoms with Crippen LogP contribution in [0.4, 0.5) is 68.2 Å². The van der Waals surface area contributed by atoms with Gasteiger partial charge in [0, 0.05) is 90.4 Å². The molecule has 0 atom stereocenters. The van der Waals surface area contributed by atoms with Gasteiger partial charge in [0.15, 0.2) is 0 Å². The fraction of sp³-hybridized carbons (Fsp3) is 0. The fourth-order valence-electron chi connectivity index (χ4n) is 12.4. The molecule has 15 rings (SSSR count). The molecule has 88 heavy (non-hydrogen) atoms. The Balaban J connectivity index is 0.806. The molecule has 0 amide bonds. The molecule has 13 aromatic carbocycles. The molecule has 0 unspecified atom stereocenters. The summed E-state index contributed by atoms with van der Waals surface area (Å²) in [5.74, 6) is 0. The van der Waals surface area contributed by atoms with Crippen LogP contribution in [0.1, 0.15) is 0 Å². The maximum absolute atomic E-state index is 2.43. The van der Waals surface area contributed by atoms with Crippen LogP contribution in [0.2, 0.25) is 0 Å². The zero-order valence-electron chi connectivity index (χ0n) is 48.3. The normalized spacial score (nSPS) is 11.2. The molecule has 6 nitrogen and oxygen atoms in total. The molecule has 418 valence electrons. The van der Waals surface area contributed by atoms with Crippen molar-refractivity contribution < 1.29 is 0 Å². The van der Waals surface area contributed by atoms with Gasteiger partial charge in [0.25, 0.3) is 0 Å². The largest absolute Gasteiger partial charge is 0.311 e. The van der Waals surface area contributed by atoms with E-state index in [-0.39, 0.29) is 0 Å². The average molecular weight is 1130 g/mol. The summed E-state index contributed by atoms with van der Waals surface area (Å²) in [4.78, 5) is 9.27. The van der Waals surface area contributed by atoms with Gasteiger partial charge in [0.05, 0.1) is 22.4 Å². The molecule has 2 heterocycles. The van der Waals surface area contributed by atoms with Crippen molar-refractivity contribution in [2.24, 2.45) is 0 Å². The third-order valence-corrected chi connectivity index (χ3v) is 16.4. The van der Waals surface area contributed by atoms with Crippen molar-refractivity contribution in [2.45, 2.75) is 0 Å². The molecule has 0 spiro atoms. The second kappa shape index (κ2) is 23.7. The highest BCUT2D eigenvalue weighted by molar-refractivity contribution is 6.02. The number of hydrogen-bond acceptors (Lipinski definition) is 4. The Bertz CT molecular complexity index is 4380. The first-order valence-electron chi connectivity index (χ1n) is 29.9. The van der Waals surface area contributed by atoms with E-state index in [1.54, 1.807) is 0 Å². The van der Waals surface area contributed by atoms with Crippen molar-refractivity contribution in [1.29, 1.82) is 0 Å². The van der Waals surface area contributed by atoms with Crippen LogP contribution >= 0.6 is 0 Å². The molecule has 15 aromatic rings. The van der Waals surface area contributed by atoms with Crippen molar-refractivity contribution in [3.05, 3.63) is 364 Å². The Kier molecular flexibility index (Phi) is 14.2. The van der Waals surface area contributed by atoms with E-state index in [4.69, 9.17) is 0 Å². The number of para-hydroxylation sites is 6. The average Bonchev–Trinajstić information content (AvgIpc) is 1.70. The summed E-state index contributed by atoms with van der Waals surface area (Å²) in [7, 11) is 0. The number of anilines is 12. The van der Waals surface area contributed by atoms with E-state index in [2.05, 4.69) is 393 Å². The lowest BCUT2D eigenvalue weighted by Gasteiger charge is -2.28. The number of nitrogens with zero attached hydrogens (tertiary/aromatic N) is 6. The van der Waals surface area contributed by atoms with E-state index in [0.717, 1.165) is 124 Å². The highest BCUT2D eigenvalue weighted by Crippen LogP contribution is 2.44. The zero-order chi connectivity index (χ0) is 58.6. The van der Waals surface area contributed by atoms with E-state index in [9.17, 15) is 0 Å². The summed E-state index contributed by atoms with van der Waals surface area (Å²) < 4.78 is 4.86. The number of aromatic nitrogens is 2. The van der Waals surface area contributed by atoms with Crippen molar-refractivity contribution in [3.8, 4) is 33.9 Å². The highest BCUT2D eigenvalue weighted by atomic mass is 15.2. The third kappa shape index (κ3) is 10.3. The minimum Gasteiger partial charge on any atom is -0.311 e. The van der Waals surface area contributed by atoms with Crippen LogP contribution in [0.15, 0.2) is 364 Å². The molecule has 0 radical (unpaired) electrons. The van der Waals surface area contributed by atoms with Gasteiger partial charge < -0.3 is 28.7 Å². The summed E-state index contributed by atoms with van der Waals surface area (Å²) in [6.07, 6.45) is 0. The minimum atomic E-state index is 1.06. The van der Waals surface area contributed by atoms with Crippen LogP contribution in [0.5, 0.6) is 0 Å². The first-order chi connectivity index (χ1) is 43.7. The lowest BCUT2D eigenvalue weighted by Crippen LogP contribution is -2.12. The van der Waals surface area contributed by atoms with Crippen molar-refractivity contribution in [2.75, 3.05) is 19.6 Å². The molecule has 0 fully saturated rings. The first-order valence-corrected chi connectivity index (χ1v) is 29.9. The Labute approximate surface area is 513 Å². The van der Waals surface area contributed by atoms with Crippen LogP contribution < -0.4 is 19.6 Å². The fourth-order valence-corrected chi connectivity index (χ4v) is 12.4. The van der Waals surface area contributed by atoms with Crippen molar-refractivity contribution >= 4 is 90.1 Å². The van der Waals surface area contributed by atoms with Gasteiger partial charge in [0.1, 0.15) is 0 Å². The SMILES string of the molecule is c1ccc(-c2cc3cc4c(cc(-c5ccccc5)n4-c4ccc(N(c5ccccc5)c5ccc(N(c6ccccc6)c6ccccc6)cc5)cc4)cc3n2-c2ccc(N(c3ccccc3)c3ccc(N(c4ccccc4)c4ccccc4)cc3)cc2)cc1. The van der Waals surface area contributed by atoms with Gasteiger partial charge in [-0.15, -0.1) is 0 Å². The van der Waals surface area contributed by atoms with E-state index < -0.39 is 0 Å². The Morgan fingerprint density at radius 2 is 0.352 bits per heavy atom. The summed E-state index contributed by atoms with van der Waals surface area (Å²) in [6, 6.07) is 130. The van der Waals surface area contributed by atoms with Crippen LogP contribution in [0.25, 0.3) is 55.7 Å². The monoisotopic (exact) mass is 1130 g/mol. The number of fused-ring (bicyclic) bond motifs is 2. The molecule has 0 bridgehead atoms. The second-order valence-corrected chi connectivity index (χ2v) is 21.9. The third-order valence-electron chi connectivity index (χ3n) is 16.4. The highest BCUT2D eigenvalue weighted by Gasteiger charge is 2.22.